The molecule has 2 rings (SSSR count). The van der Waals surface area contributed by atoms with E-state index in [0.717, 1.165) is 17.9 Å². The van der Waals surface area contributed by atoms with Crippen molar-refractivity contribution in [3.05, 3.63) is 0 Å². The molecule has 118 valence electrons. The van der Waals surface area contributed by atoms with E-state index >= 15 is 0 Å². The topological polar surface area (TPSA) is 15.3 Å². The quantitative estimate of drug-likeness (QED) is 0.821. The lowest BCUT2D eigenvalue weighted by molar-refractivity contribution is 0.0679. The van der Waals surface area contributed by atoms with Crippen molar-refractivity contribution in [3.8, 4) is 0 Å². The van der Waals surface area contributed by atoms with Gasteiger partial charge >= 0.3 is 0 Å². The Morgan fingerprint density at radius 1 is 1.15 bits per heavy atom. The van der Waals surface area contributed by atoms with Crippen LogP contribution in [0.2, 0.25) is 0 Å². The predicted octanol–water partition coefficient (Wildman–Crippen LogP) is 3.91. The van der Waals surface area contributed by atoms with Crippen molar-refractivity contribution in [3.63, 3.8) is 0 Å². The van der Waals surface area contributed by atoms with Crippen molar-refractivity contribution < 1.29 is 0 Å². The molecule has 2 fully saturated rings. The van der Waals surface area contributed by atoms with Crippen molar-refractivity contribution in [1.29, 1.82) is 0 Å². The molecule has 0 aromatic carbocycles. The van der Waals surface area contributed by atoms with E-state index in [1.165, 1.54) is 64.7 Å². The summed E-state index contributed by atoms with van der Waals surface area (Å²) >= 11 is 0. The highest BCUT2D eigenvalue weighted by molar-refractivity contribution is 4.94. The van der Waals surface area contributed by atoms with Gasteiger partial charge in [-0.15, -0.1) is 0 Å². The minimum Gasteiger partial charge on any atom is -0.313 e. The van der Waals surface area contributed by atoms with E-state index in [1.54, 1.807) is 0 Å². The summed E-state index contributed by atoms with van der Waals surface area (Å²) in [7, 11) is 0. The standard InChI is InChI=1S/C18H36N2/c1-5-11-19-17-16(7-6-10-18(17,3)4)14-20-12-8-15(2)9-13-20/h15-17,19H,5-14H2,1-4H3. The molecule has 0 aromatic heterocycles. The van der Waals surface area contributed by atoms with Gasteiger partial charge in [-0.3, -0.25) is 0 Å². The van der Waals surface area contributed by atoms with Crippen LogP contribution in [0.5, 0.6) is 0 Å². The minimum absolute atomic E-state index is 0.473. The zero-order valence-electron chi connectivity index (χ0n) is 14.3. The maximum absolute atomic E-state index is 3.88. The molecule has 2 nitrogen and oxygen atoms in total. The third kappa shape index (κ3) is 4.21. The summed E-state index contributed by atoms with van der Waals surface area (Å²) in [5.41, 5.74) is 0.473. The molecule has 0 bridgehead atoms. The molecule has 20 heavy (non-hydrogen) atoms. The van der Waals surface area contributed by atoms with Gasteiger partial charge in [0.05, 0.1) is 0 Å². The number of hydrogen-bond donors (Lipinski definition) is 1. The molecule has 1 N–H and O–H groups in total. The van der Waals surface area contributed by atoms with Crippen LogP contribution in [0.25, 0.3) is 0 Å². The third-order valence-corrected chi connectivity index (χ3v) is 5.69. The Hall–Kier alpha value is -0.0800. The Morgan fingerprint density at radius 3 is 2.50 bits per heavy atom. The Bertz CT molecular complexity index is 279. The van der Waals surface area contributed by atoms with Crippen molar-refractivity contribution in [1.82, 2.24) is 10.2 Å². The van der Waals surface area contributed by atoms with Crippen molar-refractivity contribution in [2.45, 2.75) is 72.3 Å². The van der Waals surface area contributed by atoms with Crippen molar-refractivity contribution in [2.24, 2.45) is 17.3 Å². The molecule has 1 aliphatic carbocycles. The van der Waals surface area contributed by atoms with E-state index in [4.69, 9.17) is 0 Å². The molecule has 1 heterocycles. The summed E-state index contributed by atoms with van der Waals surface area (Å²) in [5.74, 6) is 1.81. The highest BCUT2D eigenvalue weighted by atomic mass is 15.1. The zero-order valence-corrected chi connectivity index (χ0v) is 14.3. The molecule has 0 amide bonds. The zero-order chi connectivity index (χ0) is 14.6. The first-order valence-corrected chi connectivity index (χ1v) is 8.98. The SMILES string of the molecule is CCCNC1C(CN2CCC(C)CC2)CCCC1(C)C. The van der Waals surface area contributed by atoms with E-state index in [2.05, 4.69) is 37.9 Å². The lowest BCUT2D eigenvalue weighted by Crippen LogP contribution is -2.53. The monoisotopic (exact) mass is 280 g/mol. The molecule has 1 aliphatic heterocycles. The van der Waals surface area contributed by atoms with E-state index in [0.29, 0.717) is 5.41 Å². The van der Waals surface area contributed by atoms with Gasteiger partial charge in [0, 0.05) is 12.6 Å². The van der Waals surface area contributed by atoms with Crippen LogP contribution in [0, 0.1) is 17.3 Å². The minimum atomic E-state index is 0.473. The second-order valence-electron chi connectivity index (χ2n) is 8.06. The molecule has 0 radical (unpaired) electrons. The second kappa shape index (κ2) is 7.26. The normalized spacial score (nSPS) is 32.4. The summed E-state index contributed by atoms with van der Waals surface area (Å²) in [6.07, 6.45) is 8.30. The van der Waals surface area contributed by atoms with Crippen LogP contribution in [-0.2, 0) is 0 Å². The summed E-state index contributed by atoms with van der Waals surface area (Å²) in [6, 6.07) is 0.718. The van der Waals surface area contributed by atoms with E-state index < -0.39 is 0 Å². The van der Waals surface area contributed by atoms with Crippen LogP contribution in [0.3, 0.4) is 0 Å². The van der Waals surface area contributed by atoms with Gasteiger partial charge in [-0.2, -0.15) is 0 Å². The first-order chi connectivity index (χ1) is 9.53. The molecule has 1 saturated heterocycles. The maximum atomic E-state index is 3.88. The summed E-state index contributed by atoms with van der Waals surface area (Å²) in [4.78, 5) is 2.74. The molecule has 2 aliphatic rings. The van der Waals surface area contributed by atoms with Gasteiger partial charge in [-0.25, -0.2) is 0 Å². The molecule has 2 unspecified atom stereocenters. The van der Waals surface area contributed by atoms with Crippen LogP contribution in [-0.4, -0.2) is 37.1 Å². The van der Waals surface area contributed by atoms with E-state index in [-0.39, 0.29) is 0 Å². The molecule has 2 heteroatoms. The fourth-order valence-corrected chi connectivity index (χ4v) is 4.30. The first-order valence-electron chi connectivity index (χ1n) is 8.98. The highest BCUT2D eigenvalue weighted by Crippen LogP contribution is 2.39. The number of nitrogens with one attached hydrogen (secondary N) is 1. The summed E-state index contributed by atoms with van der Waals surface area (Å²) in [6.45, 7) is 14.8. The molecule has 2 atom stereocenters. The van der Waals surface area contributed by atoms with Gasteiger partial charge in [0.1, 0.15) is 0 Å². The molecule has 1 saturated carbocycles. The smallest absolute Gasteiger partial charge is 0.0159 e. The van der Waals surface area contributed by atoms with Gasteiger partial charge in [0.15, 0.2) is 0 Å². The average Bonchev–Trinajstić information content (AvgIpc) is 2.40. The maximum Gasteiger partial charge on any atom is 0.0159 e. The largest absolute Gasteiger partial charge is 0.313 e. The highest BCUT2D eigenvalue weighted by Gasteiger charge is 2.39. The van der Waals surface area contributed by atoms with Crippen LogP contribution in [0.1, 0.15) is 66.2 Å². The number of rotatable bonds is 5. The van der Waals surface area contributed by atoms with Crippen molar-refractivity contribution >= 4 is 0 Å². The Balaban J connectivity index is 1.92. The first kappa shape index (κ1) is 16.3. The van der Waals surface area contributed by atoms with Crippen molar-refractivity contribution in [2.75, 3.05) is 26.2 Å². The van der Waals surface area contributed by atoms with Crippen LogP contribution in [0.15, 0.2) is 0 Å². The average molecular weight is 280 g/mol. The molecule has 0 spiro atoms. The van der Waals surface area contributed by atoms with Gasteiger partial charge in [-0.05, 0) is 69.0 Å². The summed E-state index contributed by atoms with van der Waals surface area (Å²) < 4.78 is 0. The van der Waals surface area contributed by atoms with Crippen LogP contribution >= 0.6 is 0 Å². The molecule has 0 aromatic rings. The second-order valence-corrected chi connectivity index (χ2v) is 8.06. The third-order valence-electron chi connectivity index (χ3n) is 5.69. The van der Waals surface area contributed by atoms with Gasteiger partial charge < -0.3 is 10.2 Å². The number of nitrogens with zero attached hydrogens (tertiary/aromatic N) is 1. The van der Waals surface area contributed by atoms with E-state index in [1.807, 2.05) is 0 Å². The van der Waals surface area contributed by atoms with E-state index in [9.17, 15) is 0 Å². The van der Waals surface area contributed by atoms with Crippen LogP contribution in [0.4, 0.5) is 0 Å². The lowest BCUT2D eigenvalue weighted by atomic mass is 9.67. The molecular formula is C18H36N2. The van der Waals surface area contributed by atoms with Crippen LogP contribution < -0.4 is 5.32 Å². The van der Waals surface area contributed by atoms with Gasteiger partial charge in [-0.1, -0.05) is 34.1 Å². The van der Waals surface area contributed by atoms with Gasteiger partial charge in [0.2, 0.25) is 0 Å². The number of piperidine rings is 1. The Kier molecular flexibility index (Phi) is 5.92. The fraction of sp³-hybridized carbons (Fsp3) is 1.00. The number of likely N-dealkylation sites (tertiary alicyclic amines) is 1. The Morgan fingerprint density at radius 2 is 1.85 bits per heavy atom. The Labute approximate surface area is 126 Å². The fourth-order valence-electron chi connectivity index (χ4n) is 4.30. The van der Waals surface area contributed by atoms with Gasteiger partial charge in [0.25, 0.3) is 0 Å². The number of hydrogen-bond acceptors (Lipinski definition) is 2. The lowest BCUT2D eigenvalue weighted by Gasteiger charge is -2.46. The summed E-state index contributed by atoms with van der Waals surface area (Å²) in [5, 5.41) is 3.88. The predicted molar refractivity (Wildman–Crippen MR) is 88.0 cm³/mol. The molecular weight excluding hydrogens is 244 g/mol.